The highest BCUT2D eigenvalue weighted by molar-refractivity contribution is 7.98. The van der Waals surface area contributed by atoms with Gasteiger partial charge in [0, 0.05) is 24.1 Å². The number of thioether (sulfide) groups is 1. The van der Waals surface area contributed by atoms with Crippen molar-refractivity contribution in [1.82, 2.24) is 10.0 Å². The van der Waals surface area contributed by atoms with Gasteiger partial charge in [-0.3, -0.25) is 14.9 Å². The van der Waals surface area contributed by atoms with E-state index >= 15 is 0 Å². The highest BCUT2D eigenvalue weighted by Gasteiger charge is 2.23. The number of nitrogens with one attached hydrogen (secondary N) is 2. The van der Waals surface area contributed by atoms with Crippen LogP contribution in [0.1, 0.15) is 23.7 Å². The van der Waals surface area contributed by atoms with Crippen molar-refractivity contribution in [3.05, 3.63) is 81.2 Å². The van der Waals surface area contributed by atoms with E-state index in [1.54, 1.807) is 24.3 Å². The van der Waals surface area contributed by atoms with Gasteiger partial charge >= 0.3 is 0 Å². The summed E-state index contributed by atoms with van der Waals surface area (Å²) >= 11 is 1.47. The van der Waals surface area contributed by atoms with Gasteiger partial charge in [-0.25, -0.2) is 8.42 Å². The second-order valence-electron chi connectivity index (χ2n) is 6.82. The SMILES string of the molecule is CSCC[C@H](NS(=O)(=O)/C=C/c1ccccc1)C(=O)NC[C@@H](O)c1ccc([N+](=O)[O-])cc1. The molecule has 2 aromatic carbocycles. The van der Waals surface area contributed by atoms with Crippen LogP contribution in [0.25, 0.3) is 6.08 Å². The Balaban J connectivity index is 2.00. The van der Waals surface area contributed by atoms with Crippen LogP contribution in [0.15, 0.2) is 60.0 Å². The van der Waals surface area contributed by atoms with Gasteiger partial charge in [-0.15, -0.1) is 0 Å². The summed E-state index contributed by atoms with van der Waals surface area (Å²) in [7, 11) is -3.89. The van der Waals surface area contributed by atoms with Gasteiger partial charge in [0.25, 0.3) is 5.69 Å². The standard InChI is InChI=1S/C21H25N3O6S2/c1-31-13-11-19(23-32(29,30)14-12-16-5-3-2-4-6-16)21(26)22-15-20(25)17-7-9-18(10-8-17)24(27)28/h2-10,12,14,19-20,23,25H,11,13,15H2,1H3,(H,22,26)/b14-12+/t19-,20+/m0/s1. The third kappa shape index (κ3) is 8.42. The Kier molecular flexibility index (Phi) is 9.85. The zero-order chi connectivity index (χ0) is 23.6. The molecule has 0 fully saturated rings. The molecule has 9 nitrogen and oxygen atoms in total. The van der Waals surface area contributed by atoms with Crippen LogP contribution in [0.5, 0.6) is 0 Å². The predicted octanol–water partition coefficient (Wildman–Crippen LogP) is 2.46. The lowest BCUT2D eigenvalue weighted by Crippen LogP contribution is -2.47. The van der Waals surface area contributed by atoms with Crippen LogP contribution in [-0.4, -0.2) is 49.0 Å². The number of aliphatic hydroxyl groups excluding tert-OH is 1. The number of nitro benzene ring substituents is 1. The summed E-state index contributed by atoms with van der Waals surface area (Å²) in [5.41, 5.74) is 0.984. The number of non-ortho nitro benzene ring substituents is 1. The van der Waals surface area contributed by atoms with E-state index in [0.717, 1.165) is 5.41 Å². The second-order valence-corrected chi connectivity index (χ2v) is 9.40. The number of benzene rings is 2. The van der Waals surface area contributed by atoms with Crippen LogP contribution in [0.4, 0.5) is 5.69 Å². The molecule has 2 atom stereocenters. The van der Waals surface area contributed by atoms with Gasteiger partial charge in [0.2, 0.25) is 15.9 Å². The number of hydrogen-bond donors (Lipinski definition) is 3. The van der Waals surface area contributed by atoms with Crippen LogP contribution in [0, 0.1) is 10.1 Å². The molecule has 1 amide bonds. The summed E-state index contributed by atoms with van der Waals surface area (Å²) in [4.78, 5) is 22.8. The molecule has 0 saturated carbocycles. The van der Waals surface area contributed by atoms with Gasteiger partial charge in [-0.05, 0) is 47.8 Å². The van der Waals surface area contributed by atoms with Crippen LogP contribution in [0.3, 0.4) is 0 Å². The maximum atomic E-state index is 12.6. The second kappa shape index (κ2) is 12.3. The highest BCUT2D eigenvalue weighted by Crippen LogP contribution is 2.17. The van der Waals surface area contributed by atoms with E-state index in [4.69, 9.17) is 0 Å². The molecule has 0 aliphatic heterocycles. The summed E-state index contributed by atoms with van der Waals surface area (Å²) in [6, 6.07) is 13.2. The van der Waals surface area contributed by atoms with E-state index in [0.29, 0.717) is 16.9 Å². The van der Waals surface area contributed by atoms with Crippen LogP contribution < -0.4 is 10.0 Å². The Morgan fingerprint density at radius 3 is 2.44 bits per heavy atom. The van der Waals surface area contributed by atoms with Gasteiger partial charge in [0.15, 0.2) is 0 Å². The largest absolute Gasteiger partial charge is 0.387 e. The van der Waals surface area contributed by atoms with Crippen LogP contribution in [-0.2, 0) is 14.8 Å². The quantitative estimate of drug-likeness (QED) is 0.314. The maximum absolute atomic E-state index is 12.6. The zero-order valence-electron chi connectivity index (χ0n) is 17.4. The first-order valence-corrected chi connectivity index (χ1v) is 12.6. The summed E-state index contributed by atoms with van der Waals surface area (Å²) in [5.74, 6) is -0.0230. The summed E-state index contributed by atoms with van der Waals surface area (Å²) in [6.45, 7) is -0.173. The fourth-order valence-corrected chi connectivity index (χ4v) is 4.21. The van der Waals surface area contributed by atoms with Crippen LogP contribution in [0.2, 0.25) is 0 Å². The van der Waals surface area contributed by atoms with Gasteiger partial charge in [-0.2, -0.15) is 16.5 Å². The number of hydrogen-bond acceptors (Lipinski definition) is 7. The van der Waals surface area contributed by atoms with Crippen molar-refractivity contribution < 1.29 is 23.2 Å². The number of amides is 1. The highest BCUT2D eigenvalue weighted by atomic mass is 32.2. The molecule has 32 heavy (non-hydrogen) atoms. The fourth-order valence-electron chi connectivity index (χ4n) is 2.71. The molecule has 0 aromatic heterocycles. The van der Waals surface area contributed by atoms with E-state index in [9.17, 15) is 28.4 Å². The molecule has 11 heteroatoms. The van der Waals surface area contributed by atoms with Gasteiger partial charge < -0.3 is 10.4 Å². The summed E-state index contributed by atoms with van der Waals surface area (Å²) in [6.07, 6.45) is 2.44. The minimum absolute atomic E-state index is 0.111. The Labute approximate surface area is 191 Å². The number of carbonyl (C=O) groups excluding carboxylic acids is 1. The van der Waals surface area contributed by atoms with Crippen molar-refractivity contribution in [3.63, 3.8) is 0 Å². The van der Waals surface area contributed by atoms with Crippen molar-refractivity contribution in [2.75, 3.05) is 18.6 Å². The Hall–Kier alpha value is -2.73. The number of nitro groups is 1. The molecule has 3 N–H and O–H groups in total. The number of sulfonamides is 1. The van der Waals surface area contributed by atoms with Crippen molar-refractivity contribution >= 4 is 39.5 Å². The van der Waals surface area contributed by atoms with Gasteiger partial charge in [0.1, 0.15) is 6.04 Å². The molecule has 172 valence electrons. The van der Waals surface area contributed by atoms with E-state index in [1.165, 1.54) is 42.1 Å². The predicted molar refractivity (Wildman–Crippen MR) is 125 cm³/mol. The fraction of sp³-hybridized carbons (Fsp3) is 0.286. The topological polar surface area (TPSA) is 139 Å². The molecule has 2 aromatic rings. The minimum Gasteiger partial charge on any atom is -0.387 e. The molecular weight excluding hydrogens is 454 g/mol. The molecule has 0 saturated heterocycles. The first-order chi connectivity index (χ1) is 15.2. The third-order valence-electron chi connectivity index (χ3n) is 4.43. The smallest absolute Gasteiger partial charge is 0.269 e. The lowest BCUT2D eigenvalue weighted by atomic mass is 10.1. The zero-order valence-corrected chi connectivity index (χ0v) is 19.0. The van der Waals surface area contributed by atoms with Crippen molar-refractivity contribution in [1.29, 1.82) is 0 Å². The maximum Gasteiger partial charge on any atom is 0.269 e. The average Bonchev–Trinajstić information content (AvgIpc) is 2.79. The van der Waals surface area contributed by atoms with E-state index < -0.39 is 33.0 Å². The number of carbonyl (C=O) groups is 1. The Morgan fingerprint density at radius 1 is 1.19 bits per heavy atom. The summed E-state index contributed by atoms with van der Waals surface area (Å²) in [5, 5.41) is 24.5. The monoisotopic (exact) mass is 479 g/mol. The number of rotatable bonds is 12. The Morgan fingerprint density at radius 2 is 1.84 bits per heavy atom. The Bertz CT molecular complexity index is 1030. The van der Waals surface area contributed by atoms with Crippen molar-refractivity contribution in [2.45, 2.75) is 18.6 Å². The average molecular weight is 480 g/mol. The minimum atomic E-state index is -3.89. The van der Waals surface area contributed by atoms with Crippen molar-refractivity contribution in [3.8, 4) is 0 Å². The molecule has 0 spiro atoms. The molecule has 2 rings (SSSR count). The molecule has 0 aliphatic rings. The van der Waals surface area contributed by atoms with Crippen molar-refractivity contribution in [2.24, 2.45) is 0 Å². The molecular formula is C21H25N3O6S2. The number of nitrogens with zero attached hydrogens (tertiary/aromatic N) is 1. The molecule has 0 bridgehead atoms. The molecule has 0 aliphatic carbocycles. The normalized spacial score (nSPS) is 13.6. The van der Waals surface area contributed by atoms with E-state index in [-0.39, 0.29) is 18.7 Å². The first kappa shape index (κ1) is 25.5. The molecule has 0 unspecified atom stereocenters. The van der Waals surface area contributed by atoms with E-state index in [1.807, 2.05) is 12.3 Å². The molecule has 0 radical (unpaired) electrons. The van der Waals surface area contributed by atoms with E-state index in [2.05, 4.69) is 10.0 Å². The van der Waals surface area contributed by atoms with Gasteiger partial charge in [0.05, 0.1) is 11.0 Å². The lowest BCUT2D eigenvalue weighted by molar-refractivity contribution is -0.384. The molecule has 0 heterocycles. The third-order valence-corrected chi connectivity index (χ3v) is 6.18. The van der Waals surface area contributed by atoms with Crippen LogP contribution >= 0.6 is 11.8 Å². The lowest BCUT2D eigenvalue weighted by Gasteiger charge is -2.19. The summed E-state index contributed by atoms with van der Waals surface area (Å²) < 4.78 is 27.3. The first-order valence-electron chi connectivity index (χ1n) is 9.66. The number of aliphatic hydroxyl groups is 1. The van der Waals surface area contributed by atoms with Gasteiger partial charge in [-0.1, -0.05) is 30.3 Å².